The lowest BCUT2D eigenvalue weighted by Crippen LogP contribution is -2.17. The van der Waals surface area contributed by atoms with Crippen LogP contribution in [0.1, 0.15) is 18.1 Å². The summed E-state index contributed by atoms with van der Waals surface area (Å²) in [5.41, 5.74) is 2.57. The Morgan fingerprint density at radius 1 is 1.54 bits per heavy atom. The minimum Gasteiger partial charge on any atom is -0.487 e. The number of hydrogen-bond acceptors (Lipinski definition) is 2. The molecular weight excluding hydrogens is 164 g/mol. The summed E-state index contributed by atoms with van der Waals surface area (Å²) in [5.74, 6) is 0.941. The summed E-state index contributed by atoms with van der Waals surface area (Å²) in [6.07, 6.45) is 1.87. The Kier molecular flexibility index (Phi) is 2.23. The molecule has 0 fully saturated rings. The molecule has 1 heterocycles. The Hall–Kier alpha value is -1.02. The first-order chi connectivity index (χ1) is 6.33. The molecule has 1 N–H and O–H groups in total. The van der Waals surface area contributed by atoms with Crippen LogP contribution in [0.5, 0.6) is 5.75 Å². The quantitative estimate of drug-likeness (QED) is 0.744. The van der Waals surface area contributed by atoms with Gasteiger partial charge in [-0.05, 0) is 23.6 Å². The summed E-state index contributed by atoms with van der Waals surface area (Å²) in [6.45, 7) is 2.25. The van der Waals surface area contributed by atoms with Crippen molar-refractivity contribution in [3.8, 4) is 5.75 Å². The van der Waals surface area contributed by atoms with Gasteiger partial charge in [0.05, 0.1) is 6.61 Å². The molecule has 2 rings (SSSR count). The van der Waals surface area contributed by atoms with Gasteiger partial charge in [0.1, 0.15) is 11.9 Å². The Morgan fingerprint density at radius 3 is 3.08 bits per heavy atom. The standard InChI is InChI=1S/C11H14O2/c1-2-8-3-4-11-9(5-8)6-10(7-12)13-11/h3-5,10,12H,2,6-7H2,1H3/t10-/m1/s1. The summed E-state index contributed by atoms with van der Waals surface area (Å²) >= 11 is 0. The highest BCUT2D eigenvalue weighted by Crippen LogP contribution is 2.29. The van der Waals surface area contributed by atoms with Crippen LogP contribution >= 0.6 is 0 Å². The van der Waals surface area contributed by atoms with E-state index in [2.05, 4.69) is 19.1 Å². The second-order valence-electron chi connectivity index (χ2n) is 3.42. The number of rotatable bonds is 2. The lowest BCUT2D eigenvalue weighted by molar-refractivity contribution is 0.134. The third-order valence-electron chi connectivity index (χ3n) is 2.48. The van der Waals surface area contributed by atoms with Crippen molar-refractivity contribution in [2.24, 2.45) is 0 Å². The molecule has 1 aliphatic rings. The average molecular weight is 178 g/mol. The van der Waals surface area contributed by atoms with Crippen molar-refractivity contribution in [3.63, 3.8) is 0 Å². The van der Waals surface area contributed by atoms with Crippen LogP contribution in [0.15, 0.2) is 18.2 Å². The molecule has 0 saturated heterocycles. The summed E-state index contributed by atoms with van der Waals surface area (Å²) < 4.78 is 5.51. The molecule has 0 radical (unpaired) electrons. The molecule has 2 nitrogen and oxygen atoms in total. The van der Waals surface area contributed by atoms with E-state index in [1.807, 2.05) is 6.07 Å². The van der Waals surface area contributed by atoms with Crippen LogP contribution in [-0.2, 0) is 12.8 Å². The average Bonchev–Trinajstić information content (AvgIpc) is 2.58. The molecule has 0 spiro atoms. The Balaban J connectivity index is 2.25. The number of aliphatic hydroxyl groups excluding tert-OH is 1. The maximum absolute atomic E-state index is 8.94. The highest BCUT2D eigenvalue weighted by molar-refractivity contribution is 5.40. The molecule has 0 aliphatic carbocycles. The van der Waals surface area contributed by atoms with E-state index in [9.17, 15) is 0 Å². The van der Waals surface area contributed by atoms with Crippen molar-refractivity contribution in [2.45, 2.75) is 25.9 Å². The smallest absolute Gasteiger partial charge is 0.126 e. The molecule has 1 aromatic rings. The van der Waals surface area contributed by atoms with Crippen LogP contribution in [0.2, 0.25) is 0 Å². The monoisotopic (exact) mass is 178 g/mol. The topological polar surface area (TPSA) is 29.5 Å². The molecule has 0 saturated carbocycles. The van der Waals surface area contributed by atoms with Gasteiger partial charge >= 0.3 is 0 Å². The van der Waals surface area contributed by atoms with Gasteiger partial charge < -0.3 is 9.84 Å². The molecule has 0 aromatic heterocycles. The summed E-state index contributed by atoms with van der Waals surface area (Å²) in [5, 5.41) is 8.94. The van der Waals surface area contributed by atoms with Crippen LogP contribution < -0.4 is 4.74 Å². The summed E-state index contributed by atoms with van der Waals surface area (Å²) in [6, 6.07) is 6.26. The van der Waals surface area contributed by atoms with E-state index in [4.69, 9.17) is 9.84 Å². The number of aliphatic hydroxyl groups is 1. The minimum absolute atomic E-state index is 0.0258. The van der Waals surface area contributed by atoms with Crippen LogP contribution in [0.4, 0.5) is 0 Å². The van der Waals surface area contributed by atoms with E-state index in [-0.39, 0.29) is 12.7 Å². The fourth-order valence-electron chi connectivity index (χ4n) is 1.70. The molecule has 13 heavy (non-hydrogen) atoms. The Labute approximate surface area is 78.2 Å². The molecular formula is C11H14O2. The van der Waals surface area contributed by atoms with Crippen molar-refractivity contribution in [2.75, 3.05) is 6.61 Å². The fourth-order valence-corrected chi connectivity index (χ4v) is 1.70. The summed E-state index contributed by atoms with van der Waals surface area (Å²) in [7, 11) is 0. The maximum Gasteiger partial charge on any atom is 0.126 e. The predicted molar refractivity (Wildman–Crippen MR) is 51.0 cm³/mol. The van der Waals surface area contributed by atoms with E-state index < -0.39 is 0 Å². The first-order valence-corrected chi connectivity index (χ1v) is 4.72. The van der Waals surface area contributed by atoms with Gasteiger partial charge in [0.15, 0.2) is 0 Å². The van der Waals surface area contributed by atoms with E-state index in [1.165, 1.54) is 11.1 Å². The molecule has 2 heteroatoms. The number of hydrogen-bond donors (Lipinski definition) is 1. The number of aryl methyl sites for hydroxylation is 1. The minimum atomic E-state index is -0.0258. The molecule has 1 aromatic carbocycles. The zero-order valence-electron chi connectivity index (χ0n) is 7.79. The van der Waals surface area contributed by atoms with E-state index in [0.29, 0.717) is 0 Å². The fraction of sp³-hybridized carbons (Fsp3) is 0.455. The van der Waals surface area contributed by atoms with E-state index in [0.717, 1.165) is 18.6 Å². The molecule has 1 atom stereocenters. The third kappa shape index (κ3) is 1.54. The van der Waals surface area contributed by atoms with Crippen molar-refractivity contribution in [3.05, 3.63) is 29.3 Å². The van der Waals surface area contributed by atoms with Crippen LogP contribution in [0, 0.1) is 0 Å². The largest absolute Gasteiger partial charge is 0.487 e. The van der Waals surface area contributed by atoms with Crippen molar-refractivity contribution >= 4 is 0 Å². The lowest BCUT2D eigenvalue weighted by atomic mass is 10.1. The molecule has 0 amide bonds. The first-order valence-electron chi connectivity index (χ1n) is 4.72. The first kappa shape index (κ1) is 8.57. The highest BCUT2D eigenvalue weighted by Gasteiger charge is 2.21. The van der Waals surface area contributed by atoms with Crippen LogP contribution in [-0.4, -0.2) is 17.8 Å². The van der Waals surface area contributed by atoms with Crippen molar-refractivity contribution < 1.29 is 9.84 Å². The van der Waals surface area contributed by atoms with Gasteiger partial charge in [-0.1, -0.05) is 19.1 Å². The number of fused-ring (bicyclic) bond motifs is 1. The van der Waals surface area contributed by atoms with Crippen molar-refractivity contribution in [1.82, 2.24) is 0 Å². The third-order valence-corrected chi connectivity index (χ3v) is 2.48. The highest BCUT2D eigenvalue weighted by atomic mass is 16.5. The zero-order valence-corrected chi connectivity index (χ0v) is 7.79. The van der Waals surface area contributed by atoms with E-state index in [1.54, 1.807) is 0 Å². The van der Waals surface area contributed by atoms with Crippen molar-refractivity contribution in [1.29, 1.82) is 0 Å². The molecule has 0 bridgehead atoms. The van der Waals surface area contributed by atoms with Gasteiger partial charge in [-0.25, -0.2) is 0 Å². The van der Waals surface area contributed by atoms with Crippen LogP contribution in [0.3, 0.4) is 0 Å². The van der Waals surface area contributed by atoms with Gasteiger partial charge in [-0.2, -0.15) is 0 Å². The van der Waals surface area contributed by atoms with Gasteiger partial charge in [0.25, 0.3) is 0 Å². The maximum atomic E-state index is 8.94. The van der Waals surface area contributed by atoms with E-state index >= 15 is 0 Å². The predicted octanol–water partition coefficient (Wildman–Crippen LogP) is 1.54. The van der Waals surface area contributed by atoms with Gasteiger partial charge in [-0.3, -0.25) is 0 Å². The molecule has 0 unspecified atom stereocenters. The normalized spacial score (nSPS) is 19.7. The van der Waals surface area contributed by atoms with Gasteiger partial charge in [0, 0.05) is 6.42 Å². The Morgan fingerprint density at radius 2 is 2.38 bits per heavy atom. The molecule has 70 valence electrons. The number of benzene rings is 1. The SMILES string of the molecule is CCc1ccc2c(c1)C[C@H](CO)O2. The zero-order chi connectivity index (χ0) is 9.26. The van der Waals surface area contributed by atoms with Gasteiger partial charge in [0.2, 0.25) is 0 Å². The van der Waals surface area contributed by atoms with Crippen LogP contribution in [0.25, 0.3) is 0 Å². The Bertz CT molecular complexity index is 307. The second-order valence-corrected chi connectivity index (χ2v) is 3.42. The second kappa shape index (κ2) is 3.38. The number of ether oxygens (including phenoxy) is 1. The summed E-state index contributed by atoms with van der Waals surface area (Å²) in [4.78, 5) is 0. The molecule has 1 aliphatic heterocycles. The van der Waals surface area contributed by atoms with Gasteiger partial charge in [-0.15, -0.1) is 0 Å². The lowest BCUT2D eigenvalue weighted by Gasteiger charge is -2.04.